The van der Waals surface area contributed by atoms with Crippen molar-refractivity contribution in [2.75, 3.05) is 13.1 Å². The van der Waals surface area contributed by atoms with Gasteiger partial charge in [-0.25, -0.2) is 4.79 Å². The number of rotatable bonds is 2. The van der Waals surface area contributed by atoms with Crippen molar-refractivity contribution in [3.8, 4) is 0 Å². The van der Waals surface area contributed by atoms with Gasteiger partial charge < -0.3 is 15.5 Å². The van der Waals surface area contributed by atoms with E-state index in [0.29, 0.717) is 5.56 Å². The van der Waals surface area contributed by atoms with E-state index < -0.39 is 12.1 Å². The Hall–Kier alpha value is -1.39. The summed E-state index contributed by atoms with van der Waals surface area (Å²) in [5, 5.41) is 20.7. The first-order valence-electron chi connectivity index (χ1n) is 6.27. The number of aliphatic carboxylic acids is 1. The van der Waals surface area contributed by atoms with Crippen molar-refractivity contribution in [2.24, 2.45) is 5.92 Å². The lowest BCUT2D eigenvalue weighted by Crippen LogP contribution is -2.27. The van der Waals surface area contributed by atoms with Gasteiger partial charge in [0, 0.05) is 0 Å². The van der Waals surface area contributed by atoms with Crippen LogP contribution in [0.1, 0.15) is 31.4 Å². The van der Waals surface area contributed by atoms with Gasteiger partial charge in [-0.05, 0) is 37.4 Å². The summed E-state index contributed by atoms with van der Waals surface area (Å²) in [6, 6.07) is 8.26. The minimum absolute atomic E-state index is 0.403. The molecule has 3 N–H and O–H groups in total. The number of piperidine rings is 1. The molecule has 0 saturated carbocycles. The zero-order valence-corrected chi connectivity index (χ0v) is 10.7. The van der Waals surface area contributed by atoms with Crippen molar-refractivity contribution in [1.29, 1.82) is 0 Å². The maximum Gasteiger partial charge on any atom is 0.337 e. The maximum absolute atomic E-state index is 10.2. The lowest BCUT2D eigenvalue weighted by molar-refractivity contribution is -0.146. The van der Waals surface area contributed by atoms with Gasteiger partial charge in [-0.1, -0.05) is 37.3 Å². The fraction of sp³-hybridized carbons (Fsp3) is 0.500. The summed E-state index contributed by atoms with van der Waals surface area (Å²) in [5.74, 6) is -0.301. The molecule has 0 bridgehead atoms. The van der Waals surface area contributed by atoms with Crippen LogP contribution in [0.15, 0.2) is 30.3 Å². The summed E-state index contributed by atoms with van der Waals surface area (Å²) in [7, 11) is 0. The molecule has 1 aliphatic heterocycles. The van der Waals surface area contributed by atoms with Crippen LogP contribution < -0.4 is 5.32 Å². The molecule has 0 spiro atoms. The molecule has 0 amide bonds. The molecule has 0 aliphatic carbocycles. The Morgan fingerprint density at radius 2 is 2.06 bits per heavy atom. The van der Waals surface area contributed by atoms with E-state index in [0.717, 1.165) is 5.92 Å². The van der Waals surface area contributed by atoms with E-state index in [2.05, 4.69) is 12.2 Å². The van der Waals surface area contributed by atoms with Gasteiger partial charge in [-0.3, -0.25) is 0 Å². The van der Waals surface area contributed by atoms with Crippen LogP contribution in [0.4, 0.5) is 0 Å². The molecule has 4 heteroatoms. The predicted molar refractivity (Wildman–Crippen MR) is 70.3 cm³/mol. The highest BCUT2D eigenvalue weighted by atomic mass is 16.4. The van der Waals surface area contributed by atoms with Gasteiger partial charge in [0.15, 0.2) is 6.10 Å². The molecule has 1 heterocycles. The fourth-order valence-electron chi connectivity index (χ4n) is 1.80. The van der Waals surface area contributed by atoms with E-state index in [1.54, 1.807) is 30.3 Å². The number of hydrogen-bond acceptors (Lipinski definition) is 3. The van der Waals surface area contributed by atoms with Gasteiger partial charge in [0.2, 0.25) is 0 Å². The van der Waals surface area contributed by atoms with E-state index in [1.807, 2.05) is 0 Å². The van der Waals surface area contributed by atoms with Gasteiger partial charge in [0.1, 0.15) is 0 Å². The van der Waals surface area contributed by atoms with Crippen molar-refractivity contribution >= 4 is 5.97 Å². The molecule has 1 saturated heterocycles. The second-order valence-corrected chi connectivity index (χ2v) is 4.60. The zero-order chi connectivity index (χ0) is 13.4. The number of carboxylic acid groups (broad SMARTS) is 1. The number of hydrogen-bond donors (Lipinski definition) is 3. The summed E-state index contributed by atoms with van der Waals surface area (Å²) >= 11 is 0. The largest absolute Gasteiger partial charge is 0.479 e. The molecule has 0 unspecified atom stereocenters. The average molecular weight is 251 g/mol. The third-order valence-electron chi connectivity index (χ3n) is 2.89. The molecule has 0 aromatic heterocycles. The van der Waals surface area contributed by atoms with E-state index in [4.69, 9.17) is 10.2 Å². The lowest BCUT2D eigenvalue weighted by atomic mass is 10.0. The van der Waals surface area contributed by atoms with Crippen molar-refractivity contribution in [1.82, 2.24) is 5.32 Å². The minimum Gasteiger partial charge on any atom is -0.479 e. The van der Waals surface area contributed by atoms with Gasteiger partial charge >= 0.3 is 5.97 Å². The monoisotopic (exact) mass is 251 g/mol. The van der Waals surface area contributed by atoms with Gasteiger partial charge in [-0.2, -0.15) is 0 Å². The molecule has 1 aromatic carbocycles. The van der Waals surface area contributed by atoms with Crippen LogP contribution in [0.3, 0.4) is 0 Å². The first kappa shape index (κ1) is 14.7. The summed E-state index contributed by atoms with van der Waals surface area (Å²) in [4.78, 5) is 10.2. The molecular formula is C14H21NO3. The van der Waals surface area contributed by atoms with Crippen LogP contribution in [0.5, 0.6) is 0 Å². The van der Waals surface area contributed by atoms with Gasteiger partial charge in [0.05, 0.1) is 0 Å². The Morgan fingerprint density at radius 1 is 1.39 bits per heavy atom. The maximum atomic E-state index is 10.2. The summed E-state index contributed by atoms with van der Waals surface area (Å²) in [6.45, 7) is 4.77. The van der Waals surface area contributed by atoms with Gasteiger partial charge in [-0.15, -0.1) is 0 Å². The Labute approximate surface area is 108 Å². The SMILES string of the molecule is C[C@H]1CCCNC1.O=C(O)[C@@H](O)c1ccccc1. The molecular weight excluding hydrogens is 230 g/mol. The Morgan fingerprint density at radius 3 is 2.44 bits per heavy atom. The van der Waals surface area contributed by atoms with E-state index in [-0.39, 0.29) is 0 Å². The molecule has 2 rings (SSSR count). The van der Waals surface area contributed by atoms with Crippen molar-refractivity contribution < 1.29 is 15.0 Å². The lowest BCUT2D eigenvalue weighted by Gasteiger charge is -2.17. The van der Waals surface area contributed by atoms with Crippen LogP contribution in [0.2, 0.25) is 0 Å². The first-order valence-corrected chi connectivity index (χ1v) is 6.27. The summed E-state index contributed by atoms with van der Waals surface area (Å²) in [6.07, 6.45) is 1.39. The number of carbonyl (C=O) groups is 1. The Balaban J connectivity index is 0.000000199. The van der Waals surface area contributed by atoms with Crippen molar-refractivity contribution in [3.05, 3.63) is 35.9 Å². The number of aliphatic hydroxyl groups is 1. The molecule has 2 atom stereocenters. The fourth-order valence-corrected chi connectivity index (χ4v) is 1.80. The highest BCUT2D eigenvalue weighted by Crippen LogP contribution is 2.11. The third-order valence-corrected chi connectivity index (χ3v) is 2.89. The molecule has 1 aromatic rings. The van der Waals surface area contributed by atoms with Crippen LogP contribution >= 0.6 is 0 Å². The van der Waals surface area contributed by atoms with Crippen LogP contribution in [-0.4, -0.2) is 29.3 Å². The standard InChI is InChI=1S/C8H8O3.C6H13N/c9-7(8(10)11)6-4-2-1-3-5-6;1-6-3-2-4-7-5-6/h1-5,7,9H,(H,10,11);6-7H,2-5H2,1H3/t7-;6-/m00/s1. The molecule has 1 aliphatic rings. The third kappa shape index (κ3) is 5.29. The van der Waals surface area contributed by atoms with Crippen molar-refractivity contribution in [3.63, 3.8) is 0 Å². The quantitative estimate of drug-likeness (QED) is 0.749. The smallest absolute Gasteiger partial charge is 0.337 e. The first-order chi connectivity index (χ1) is 8.61. The van der Waals surface area contributed by atoms with Crippen LogP contribution in [-0.2, 0) is 4.79 Å². The average Bonchev–Trinajstić information content (AvgIpc) is 2.40. The van der Waals surface area contributed by atoms with Gasteiger partial charge in [0.25, 0.3) is 0 Å². The topological polar surface area (TPSA) is 69.6 Å². The number of benzene rings is 1. The highest BCUT2D eigenvalue weighted by Gasteiger charge is 2.14. The van der Waals surface area contributed by atoms with E-state index >= 15 is 0 Å². The molecule has 0 radical (unpaired) electrons. The highest BCUT2D eigenvalue weighted by molar-refractivity contribution is 5.73. The van der Waals surface area contributed by atoms with E-state index in [9.17, 15) is 4.79 Å². The Bertz CT molecular complexity index is 347. The van der Waals surface area contributed by atoms with Crippen LogP contribution in [0, 0.1) is 5.92 Å². The summed E-state index contributed by atoms with van der Waals surface area (Å²) < 4.78 is 0. The Kier molecular flexibility index (Phi) is 6.39. The number of aliphatic hydroxyl groups excluding tert-OH is 1. The number of nitrogens with one attached hydrogen (secondary N) is 1. The second-order valence-electron chi connectivity index (χ2n) is 4.60. The van der Waals surface area contributed by atoms with Crippen LogP contribution in [0.25, 0.3) is 0 Å². The predicted octanol–water partition coefficient (Wildman–Crippen LogP) is 1.81. The molecule has 100 valence electrons. The molecule has 4 nitrogen and oxygen atoms in total. The molecule has 18 heavy (non-hydrogen) atoms. The van der Waals surface area contributed by atoms with Crippen molar-refractivity contribution in [2.45, 2.75) is 25.9 Å². The zero-order valence-electron chi connectivity index (χ0n) is 10.7. The molecule has 1 fully saturated rings. The normalized spacial score (nSPS) is 20.4. The van der Waals surface area contributed by atoms with E-state index in [1.165, 1.54) is 25.9 Å². The number of carboxylic acids is 1. The minimum atomic E-state index is -1.41. The second kappa shape index (κ2) is 7.84. The summed E-state index contributed by atoms with van der Waals surface area (Å²) in [5.41, 5.74) is 0.403.